The third-order valence-electron chi connectivity index (χ3n) is 3.61. The summed E-state index contributed by atoms with van der Waals surface area (Å²) in [5, 5.41) is 15.3. The molecule has 22 heavy (non-hydrogen) atoms. The number of amides is 2. The molecule has 0 bridgehead atoms. The van der Waals surface area contributed by atoms with Crippen molar-refractivity contribution in [3.63, 3.8) is 0 Å². The zero-order valence-corrected chi connectivity index (χ0v) is 13.0. The molecule has 7 nitrogen and oxygen atoms in total. The summed E-state index contributed by atoms with van der Waals surface area (Å²) in [6.07, 6.45) is 0.0972. The molecule has 2 unspecified atom stereocenters. The second-order valence-corrected chi connectivity index (χ2v) is 5.79. The summed E-state index contributed by atoms with van der Waals surface area (Å²) in [6, 6.07) is 0.844. The second kappa shape index (κ2) is 7.37. The molecule has 2 N–H and O–H groups in total. The van der Waals surface area contributed by atoms with Gasteiger partial charge in [-0.3, -0.25) is 9.59 Å². The van der Waals surface area contributed by atoms with Crippen molar-refractivity contribution >= 4 is 29.1 Å². The molecule has 0 radical (unpaired) electrons. The van der Waals surface area contributed by atoms with Crippen molar-refractivity contribution in [2.24, 2.45) is 0 Å². The van der Waals surface area contributed by atoms with E-state index in [1.54, 1.807) is 16.8 Å². The second-order valence-electron chi connectivity index (χ2n) is 5.01. The lowest BCUT2D eigenvalue weighted by Crippen LogP contribution is -2.42. The van der Waals surface area contributed by atoms with Crippen LogP contribution in [0.3, 0.4) is 0 Å². The molecule has 2 heterocycles. The number of nitrogens with zero attached hydrogens (tertiary/aromatic N) is 1. The first-order valence-corrected chi connectivity index (χ1v) is 7.82. The zero-order chi connectivity index (χ0) is 16.1. The number of aliphatic carboxylic acids is 1. The first-order chi connectivity index (χ1) is 10.5. The summed E-state index contributed by atoms with van der Waals surface area (Å²) in [7, 11) is 1.50. The average molecular weight is 326 g/mol. The number of rotatable bonds is 6. The van der Waals surface area contributed by atoms with Crippen LogP contribution in [0.2, 0.25) is 0 Å². The van der Waals surface area contributed by atoms with Gasteiger partial charge in [0.05, 0.1) is 6.10 Å². The molecule has 1 aliphatic rings. The number of thiophene rings is 1. The number of carbonyl (C=O) groups is 3. The highest BCUT2D eigenvalue weighted by molar-refractivity contribution is 7.08. The Kier molecular flexibility index (Phi) is 5.51. The van der Waals surface area contributed by atoms with Gasteiger partial charge >= 0.3 is 5.97 Å². The Morgan fingerprint density at radius 3 is 2.86 bits per heavy atom. The van der Waals surface area contributed by atoms with Crippen molar-refractivity contribution in [1.29, 1.82) is 0 Å². The van der Waals surface area contributed by atoms with E-state index in [1.165, 1.54) is 23.3 Å². The van der Waals surface area contributed by atoms with Crippen molar-refractivity contribution in [3.05, 3.63) is 22.4 Å². The molecule has 1 aromatic rings. The minimum atomic E-state index is -1.03. The number of hydrogen-bond donors (Lipinski definition) is 2. The molecule has 120 valence electrons. The normalized spacial score (nSPS) is 20.9. The zero-order valence-electron chi connectivity index (χ0n) is 12.2. The number of ether oxygens (including phenoxy) is 1. The highest BCUT2D eigenvalue weighted by atomic mass is 32.1. The lowest BCUT2D eigenvalue weighted by molar-refractivity contribution is -0.148. The summed E-state index contributed by atoms with van der Waals surface area (Å²) in [4.78, 5) is 36.4. The maximum Gasteiger partial charge on any atom is 0.326 e. The molecule has 2 rings (SSSR count). The summed E-state index contributed by atoms with van der Waals surface area (Å²) in [5.41, 5.74) is 0.557. The number of carboxylic acid groups (broad SMARTS) is 1. The van der Waals surface area contributed by atoms with E-state index < -0.39 is 12.0 Å². The summed E-state index contributed by atoms with van der Waals surface area (Å²) >= 11 is 1.42. The van der Waals surface area contributed by atoms with Crippen LogP contribution < -0.4 is 5.32 Å². The van der Waals surface area contributed by atoms with Gasteiger partial charge in [-0.05, 0) is 11.4 Å². The predicted octanol–water partition coefficient (Wildman–Crippen LogP) is 0.568. The summed E-state index contributed by atoms with van der Waals surface area (Å²) in [6.45, 7) is 0.443. The van der Waals surface area contributed by atoms with Crippen molar-refractivity contribution in [2.45, 2.75) is 25.0 Å². The smallest absolute Gasteiger partial charge is 0.326 e. The Balaban J connectivity index is 1.83. The van der Waals surface area contributed by atoms with Crippen LogP contribution in [0.1, 0.15) is 23.2 Å². The van der Waals surface area contributed by atoms with Gasteiger partial charge < -0.3 is 20.1 Å². The maximum atomic E-state index is 12.1. The van der Waals surface area contributed by atoms with Gasteiger partial charge in [-0.15, -0.1) is 0 Å². The van der Waals surface area contributed by atoms with Gasteiger partial charge in [0.2, 0.25) is 5.91 Å². The summed E-state index contributed by atoms with van der Waals surface area (Å²) in [5.74, 6) is -1.56. The molecule has 2 amide bonds. The minimum absolute atomic E-state index is 0.0656. The number of carboxylic acids is 1. The number of nitrogens with one attached hydrogen (secondary N) is 1. The van der Waals surface area contributed by atoms with Crippen LogP contribution >= 0.6 is 11.3 Å². The van der Waals surface area contributed by atoms with Gasteiger partial charge in [0.1, 0.15) is 6.04 Å². The fraction of sp³-hybridized carbons (Fsp3) is 0.500. The maximum absolute atomic E-state index is 12.1. The Morgan fingerprint density at radius 2 is 2.27 bits per heavy atom. The molecular formula is C14H18N2O5S. The minimum Gasteiger partial charge on any atom is -0.480 e. The van der Waals surface area contributed by atoms with Gasteiger partial charge in [0, 0.05) is 44.0 Å². The highest BCUT2D eigenvalue weighted by Crippen LogP contribution is 2.21. The molecule has 1 saturated heterocycles. The molecule has 0 saturated carbocycles. The number of carbonyl (C=O) groups excluding carboxylic acids is 2. The van der Waals surface area contributed by atoms with Crippen molar-refractivity contribution in [3.8, 4) is 0 Å². The van der Waals surface area contributed by atoms with Gasteiger partial charge in [-0.25, -0.2) is 4.79 Å². The van der Waals surface area contributed by atoms with Crippen LogP contribution in [-0.2, 0) is 14.3 Å². The molecular weight excluding hydrogens is 308 g/mol. The molecule has 2 atom stereocenters. The van der Waals surface area contributed by atoms with E-state index in [1.807, 2.05) is 0 Å². The van der Waals surface area contributed by atoms with E-state index >= 15 is 0 Å². The lowest BCUT2D eigenvalue weighted by Gasteiger charge is -2.21. The standard InChI is InChI=1S/C14H18N2O5S/c1-21-10-6-11(14(19)20)16(7-10)12(17)2-4-15-13(18)9-3-5-22-8-9/h3,5,8,10-11H,2,4,6-7H2,1H3,(H,15,18)(H,19,20). The summed E-state index contributed by atoms with van der Waals surface area (Å²) < 4.78 is 5.14. The van der Waals surface area contributed by atoms with Crippen LogP contribution in [0.5, 0.6) is 0 Å². The van der Waals surface area contributed by atoms with Gasteiger partial charge in [-0.1, -0.05) is 0 Å². The highest BCUT2D eigenvalue weighted by Gasteiger charge is 2.39. The third-order valence-corrected chi connectivity index (χ3v) is 4.29. The van der Waals surface area contributed by atoms with Crippen LogP contribution in [0.25, 0.3) is 0 Å². The molecule has 0 aliphatic carbocycles. The lowest BCUT2D eigenvalue weighted by atomic mass is 10.2. The average Bonchev–Trinajstić information content (AvgIpc) is 3.16. The van der Waals surface area contributed by atoms with Crippen LogP contribution in [0.15, 0.2) is 16.8 Å². The van der Waals surface area contributed by atoms with Crippen molar-refractivity contribution in [1.82, 2.24) is 10.2 Å². The molecule has 1 aliphatic heterocycles. The van der Waals surface area contributed by atoms with Crippen molar-refractivity contribution in [2.75, 3.05) is 20.2 Å². The number of likely N-dealkylation sites (tertiary alicyclic amines) is 1. The fourth-order valence-electron chi connectivity index (χ4n) is 2.40. The SMILES string of the molecule is COC1CC(C(=O)O)N(C(=O)CCNC(=O)c2ccsc2)C1. The number of hydrogen-bond acceptors (Lipinski definition) is 5. The van der Waals surface area contributed by atoms with Crippen LogP contribution in [0, 0.1) is 0 Å². The Bertz CT molecular complexity index is 545. The third kappa shape index (κ3) is 3.83. The van der Waals surface area contributed by atoms with Gasteiger partial charge in [0.15, 0.2) is 0 Å². The van der Waals surface area contributed by atoms with Gasteiger partial charge in [-0.2, -0.15) is 11.3 Å². The van der Waals surface area contributed by atoms with Crippen LogP contribution in [0.4, 0.5) is 0 Å². The van der Waals surface area contributed by atoms with Crippen molar-refractivity contribution < 1.29 is 24.2 Å². The Morgan fingerprint density at radius 1 is 1.50 bits per heavy atom. The Hall–Kier alpha value is -1.93. The van der Waals surface area contributed by atoms with E-state index in [0.29, 0.717) is 12.0 Å². The first-order valence-electron chi connectivity index (χ1n) is 6.88. The first kappa shape index (κ1) is 16.4. The fourth-order valence-corrected chi connectivity index (χ4v) is 3.04. The van der Waals surface area contributed by atoms with E-state index in [4.69, 9.17) is 9.84 Å². The van der Waals surface area contributed by atoms with E-state index in [9.17, 15) is 14.4 Å². The monoisotopic (exact) mass is 326 g/mol. The number of methoxy groups -OCH3 is 1. The quantitative estimate of drug-likeness (QED) is 0.797. The largest absolute Gasteiger partial charge is 0.480 e. The van der Waals surface area contributed by atoms with E-state index in [2.05, 4.69) is 5.32 Å². The molecule has 1 aromatic heterocycles. The van der Waals surface area contributed by atoms with E-state index in [-0.39, 0.29) is 37.4 Å². The van der Waals surface area contributed by atoms with Crippen LogP contribution in [-0.4, -0.2) is 60.1 Å². The predicted molar refractivity (Wildman–Crippen MR) is 79.8 cm³/mol. The topological polar surface area (TPSA) is 95.9 Å². The molecule has 1 fully saturated rings. The Labute approximate surface area is 131 Å². The molecule has 0 aromatic carbocycles. The van der Waals surface area contributed by atoms with Gasteiger partial charge in [0.25, 0.3) is 5.91 Å². The molecule has 0 spiro atoms. The molecule has 8 heteroatoms. The van der Waals surface area contributed by atoms with E-state index in [0.717, 1.165) is 0 Å².